The SMILES string of the molecule is C[C@H]1CC[C@@H](N)CC1=NC(=O)c1ccccc1.C[C@H]1CC[C@@H](Nc2nc(Cl)nc3[nH]ccc23)CC1=NC(=O)c1ccccc1.C[C@H]1CC[C@@H](Nc2ncnc3[nH]ccc23)CN1.C[C@H]1CC[C@@H](Nc2ncnc3[nH]ccc23)CN1C(=O)C1CO1.Clc1nc(Cl)c2cc[nH]c2n1.O=C(Cl)C1CO1. The highest BCUT2D eigenvalue weighted by molar-refractivity contribution is 6.65. The Bertz CT molecular complexity index is 4460. The predicted octanol–water partition coefficient (Wildman–Crippen LogP) is 12.0. The number of aromatic nitrogens is 12. The largest absolute Gasteiger partial charge is 0.366 e. The third kappa shape index (κ3) is 20.0. The molecule has 26 nitrogen and oxygen atoms in total. The van der Waals surface area contributed by atoms with Crippen LogP contribution in [0.2, 0.25) is 15.7 Å². The lowest BCUT2D eigenvalue weighted by atomic mass is 9.85. The van der Waals surface area contributed by atoms with Crippen LogP contribution in [0, 0.1) is 11.8 Å². The molecule has 0 spiro atoms. The van der Waals surface area contributed by atoms with E-state index in [0.29, 0.717) is 77.6 Å². The fourth-order valence-electron chi connectivity index (χ4n) is 12.0. The van der Waals surface area contributed by atoms with Crippen molar-refractivity contribution in [2.75, 3.05) is 42.3 Å². The highest BCUT2D eigenvalue weighted by Gasteiger charge is 2.39. The molecular weight excluding hydrogens is 1360 g/mol. The number of anilines is 3. The summed E-state index contributed by atoms with van der Waals surface area (Å²) in [6, 6.07) is 27.9. The van der Waals surface area contributed by atoms with Gasteiger partial charge in [0.15, 0.2) is 12.2 Å². The first-order valence-corrected chi connectivity index (χ1v) is 35.0. The first kappa shape index (κ1) is 72.4. The molecule has 6 fully saturated rings. The van der Waals surface area contributed by atoms with Gasteiger partial charge in [-0.2, -0.15) is 9.97 Å². The molecule has 2 unspecified atom stereocenters. The molecule has 0 radical (unpaired) electrons. The Kier molecular flexibility index (Phi) is 25.0. The quantitative estimate of drug-likeness (QED) is 0.0266. The highest BCUT2D eigenvalue weighted by atomic mass is 35.5. The van der Waals surface area contributed by atoms with Crippen molar-refractivity contribution in [3.63, 3.8) is 0 Å². The maximum atomic E-state index is 12.5. The van der Waals surface area contributed by atoms with Crippen LogP contribution in [0.5, 0.6) is 0 Å². The van der Waals surface area contributed by atoms with Gasteiger partial charge in [-0.05, 0) is 160 Å². The molecule has 2 saturated carbocycles. The number of carbonyl (C=O) groups excluding carboxylic acids is 4. The van der Waals surface area contributed by atoms with Crippen molar-refractivity contribution in [3.05, 3.63) is 149 Å². The Morgan fingerprint density at radius 1 is 0.530 bits per heavy atom. The van der Waals surface area contributed by atoms with Crippen LogP contribution in [0.4, 0.5) is 17.5 Å². The summed E-state index contributed by atoms with van der Waals surface area (Å²) in [5.74, 6) is 2.91. The highest BCUT2D eigenvalue weighted by Crippen LogP contribution is 2.31. The number of H-pyrrole nitrogens is 4. The summed E-state index contributed by atoms with van der Waals surface area (Å²) in [7, 11) is 0. The average Bonchev–Trinajstić information content (AvgIpc) is 1.52. The number of likely N-dealkylation sites (tertiary alicyclic amines) is 1. The number of aliphatic imine (C=N–C) groups is 2. The fraction of sp³-hybridized carbons (Fsp3) is 0.400. The number of carbonyl (C=O) groups is 4. The van der Waals surface area contributed by atoms with Gasteiger partial charge >= 0.3 is 0 Å². The normalized spacial score (nSPS) is 23.8. The van der Waals surface area contributed by atoms with E-state index in [2.05, 4.69) is 123 Å². The van der Waals surface area contributed by atoms with Crippen LogP contribution < -0.4 is 27.0 Å². The number of fused-ring (bicyclic) bond motifs is 4. The predicted molar refractivity (Wildman–Crippen MR) is 391 cm³/mol. The number of aromatic amines is 4. The van der Waals surface area contributed by atoms with Crippen LogP contribution in [0.15, 0.2) is 132 Å². The van der Waals surface area contributed by atoms with Gasteiger partial charge in [-0.25, -0.2) is 39.9 Å². The fourth-order valence-corrected chi connectivity index (χ4v) is 12.8. The van der Waals surface area contributed by atoms with E-state index in [1.807, 2.05) is 78.1 Å². The minimum absolute atomic E-state index is 0.119. The lowest BCUT2D eigenvalue weighted by Gasteiger charge is -2.38. The van der Waals surface area contributed by atoms with Crippen molar-refractivity contribution >= 4 is 142 Å². The Hall–Kier alpha value is -8.86. The van der Waals surface area contributed by atoms with Gasteiger partial charge in [-0.15, -0.1) is 0 Å². The van der Waals surface area contributed by atoms with E-state index in [-0.39, 0.29) is 75.8 Å². The number of epoxide rings is 2. The number of piperidine rings is 2. The molecule has 16 rings (SSSR count). The molecule has 4 saturated heterocycles. The number of nitrogens with one attached hydrogen (secondary N) is 8. The van der Waals surface area contributed by atoms with Crippen molar-refractivity contribution in [2.24, 2.45) is 27.6 Å². The van der Waals surface area contributed by atoms with Gasteiger partial charge < -0.3 is 61.3 Å². The van der Waals surface area contributed by atoms with E-state index < -0.39 is 0 Å². The van der Waals surface area contributed by atoms with Crippen LogP contribution in [0.3, 0.4) is 0 Å². The zero-order valence-corrected chi connectivity index (χ0v) is 58.7. The molecule has 10 aromatic rings. The van der Waals surface area contributed by atoms with E-state index in [0.717, 1.165) is 107 Å². The number of hydrogen-bond acceptors (Lipinski definition) is 19. The summed E-state index contributed by atoms with van der Waals surface area (Å²) in [4.78, 5) is 102. The number of nitrogens with two attached hydrogens (primary N) is 1. The molecule has 3 amide bonds. The number of hydrogen-bond donors (Lipinski definition) is 9. The average molecular weight is 1440 g/mol. The second-order valence-corrected chi connectivity index (χ2v) is 26.9. The van der Waals surface area contributed by atoms with Crippen molar-refractivity contribution in [2.45, 2.75) is 140 Å². The molecule has 0 bridgehead atoms. The molecule has 524 valence electrons. The second-order valence-electron chi connectivity index (χ2n) is 25.5. The lowest BCUT2D eigenvalue weighted by Crippen LogP contribution is -2.51. The molecule has 2 aromatic carbocycles. The molecule has 2 aliphatic carbocycles. The van der Waals surface area contributed by atoms with Crippen LogP contribution in [0.1, 0.15) is 113 Å². The molecule has 30 heteroatoms. The molecule has 4 aliphatic heterocycles. The van der Waals surface area contributed by atoms with Gasteiger partial charge in [0.05, 0.1) is 34.8 Å². The Balaban J connectivity index is 0.000000126. The van der Waals surface area contributed by atoms with Gasteiger partial charge in [0.1, 0.15) is 57.9 Å². The number of amides is 3. The molecule has 10 N–H and O–H groups in total. The molecule has 100 heavy (non-hydrogen) atoms. The van der Waals surface area contributed by atoms with Crippen LogP contribution in [-0.4, -0.2) is 174 Å². The van der Waals surface area contributed by atoms with E-state index >= 15 is 0 Å². The van der Waals surface area contributed by atoms with Crippen LogP contribution >= 0.6 is 46.4 Å². The Morgan fingerprint density at radius 3 is 1.55 bits per heavy atom. The van der Waals surface area contributed by atoms with E-state index in [9.17, 15) is 19.2 Å². The smallest absolute Gasteiger partial charge is 0.276 e. The van der Waals surface area contributed by atoms with Crippen molar-refractivity contribution < 1.29 is 28.7 Å². The molecule has 6 aliphatic rings. The zero-order valence-electron chi connectivity index (χ0n) is 55.7. The summed E-state index contributed by atoms with van der Waals surface area (Å²) in [6.45, 7) is 11.3. The molecule has 8 aromatic heterocycles. The number of rotatable bonds is 10. The Morgan fingerprint density at radius 2 is 1.01 bits per heavy atom. The van der Waals surface area contributed by atoms with Crippen molar-refractivity contribution in [1.82, 2.24) is 70.0 Å². The third-order valence-corrected chi connectivity index (χ3v) is 18.9. The third-order valence-electron chi connectivity index (χ3n) is 18.0. The summed E-state index contributed by atoms with van der Waals surface area (Å²) in [5, 5.41) is 18.0. The molecular formula is C70H80Cl4N20O6. The van der Waals surface area contributed by atoms with E-state index in [1.54, 1.807) is 49.2 Å². The minimum Gasteiger partial charge on any atom is -0.366 e. The summed E-state index contributed by atoms with van der Waals surface area (Å²) >= 11 is 22.2. The monoisotopic (exact) mass is 1440 g/mol. The zero-order chi connectivity index (χ0) is 70.2. The molecule has 12 heterocycles. The minimum atomic E-state index is -0.380. The number of halogens is 4. The maximum absolute atomic E-state index is 12.5. The number of nitrogens with zero attached hydrogens (tertiary/aromatic N) is 11. The van der Waals surface area contributed by atoms with Crippen molar-refractivity contribution in [3.8, 4) is 0 Å². The van der Waals surface area contributed by atoms with Crippen molar-refractivity contribution in [1.29, 1.82) is 0 Å². The number of ether oxygens (including phenoxy) is 2. The lowest BCUT2D eigenvalue weighted by molar-refractivity contribution is -0.136. The summed E-state index contributed by atoms with van der Waals surface area (Å²) < 4.78 is 9.62. The van der Waals surface area contributed by atoms with Crippen LogP contribution in [-0.2, 0) is 19.1 Å². The first-order chi connectivity index (χ1) is 48.4. The first-order valence-electron chi connectivity index (χ1n) is 33.5. The number of benzene rings is 2. The van der Waals surface area contributed by atoms with Gasteiger partial charge in [-0.3, -0.25) is 19.2 Å². The topological polar surface area (TPSA) is 362 Å². The van der Waals surface area contributed by atoms with Crippen LogP contribution in [0.25, 0.3) is 44.1 Å². The maximum Gasteiger partial charge on any atom is 0.276 e. The van der Waals surface area contributed by atoms with Gasteiger partial charge in [0, 0.05) is 110 Å². The summed E-state index contributed by atoms with van der Waals surface area (Å²) in [6.07, 6.45) is 19.8. The Labute approximate surface area is 597 Å². The van der Waals surface area contributed by atoms with E-state index in [4.69, 9.17) is 56.9 Å². The molecule has 10 atom stereocenters. The second kappa shape index (κ2) is 34.5. The van der Waals surface area contributed by atoms with Gasteiger partial charge in [0.2, 0.25) is 10.6 Å². The standard InChI is InChI=1S/C20H20ClN5O.C15H19N5O2.C14H18N2O.C12H17N5.C6H3Cl2N3.C3H3ClO2/c1-12-7-8-14(11-16(12)24-19(27)13-5-3-2-4-6-13)23-18-15-9-10-22-17(15)25-20(21)26-18;1-9-2-3-10(6-20(9)15(21)12-7-22-12)19-14-11-4-5-16-13(11)17-8-18-14;1-10-7-8-12(15)9-13(10)16-14(17)11-5-3-2-4-6-11;1-8-2-3-9(6-14-8)17-12-10-4-5-13-11(10)15-7-16-12;7-4-3-1-2-9-5(3)11-6(8)10-4;4-3(5)2-1-6-2/h2-6,9-10,12,14H,7-8,11H2,1H3,(H2,22,23,25,26);4-5,8-10,12H,2-3,6-7H2,1H3,(H2,16,17,18,19);2-6,10,12H,7-9,15H2,1H3;4-5,7-9,14H,2-3,6H2,1H3,(H2,13,15,16,17);1-2H,(H,9,10,11);2H,1H2/t12-,14+;9-,10+,12?;10-,12+;8-,9+;;/m0000../s1. The van der Waals surface area contributed by atoms with E-state index in [1.165, 1.54) is 12.8 Å². The van der Waals surface area contributed by atoms with Gasteiger partial charge in [-0.1, -0.05) is 61.8 Å². The van der Waals surface area contributed by atoms with Gasteiger partial charge in [0.25, 0.3) is 23.0 Å². The summed E-state index contributed by atoms with van der Waals surface area (Å²) in [5.41, 5.74) is 12.1.